The second-order valence-corrected chi connectivity index (χ2v) is 6.57. The topological polar surface area (TPSA) is 56.2 Å². The van der Waals surface area contributed by atoms with E-state index in [4.69, 9.17) is 4.74 Å². The van der Waals surface area contributed by atoms with Crippen molar-refractivity contribution in [2.24, 2.45) is 18.9 Å². The smallest absolute Gasteiger partial charge is 0.271 e. The first kappa shape index (κ1) is 14.5. The first-order valence-corrected chi connectivity index (χ1v) is 8.17. The summed E-state index contributed by atoms with van der Waals surface area (Å²) in [6.45, 7) is 0.802. The normalized spacial score (nSPS) is 28.9. The third-order valence-corrected chi connectivity index (χ3v) is 5.08. The predicted octanol–water partition coefficient (Wildman–Crippen LogP) is 1.80. The van der Waals surface area contributed by atoms with Crippen molar-refractivity contribution in [1.29, 1.82) is 0 Å². The van der Waals surface area contributed by atoms with Gasteiger partial charge in [-0.05, 0) is 18.4 Å². The fourth-order valence-electron chi connectivity index (χ4n) is 3.93. The Bertz CT molecular complexity index is 697. The van der Waals surface area contributed by atoms with Crippen LogP contribution in [0, 0.1) is 11.8 Å². The van der Waals surface area contributed by atoms with Crippen molar-refractivity contribution in [3.63, 3.8) is 0 Å². The molecule has 2 aromatic rings. The van der Waals surface area contributed by atoms with Gasteiger partial charge in [0.25, 0.3) is 5.91 Å². The van der Waals surface area contributed by atoms with Crippen LogP contribution in [0.25, 0.3) is 0 Å². The highest BCUT2D eigenvalue weighted by molar-refractivity contribution is 5.92. The van der Waals surface area contributed by atoms with Crippen molar-refractivity contribution in [1.82, 2.24) is 14.9 Å². The van der Waals surface area contributed by atoms with Crippen LogP contribution in [0.4, 0.5) is 0 Å². The number of aromatic nitrogens is 2. The molecule has 1 aromatic heterocycles. The van der Waals surface area contributed by atoms with Gasteiger partial charge in [0.05, 0.1) is 12.4 Å². The standard InChI is InChI=1S/C18H21N3O2/c1-21-10-15(19-11-21)18(22)20-16-13-7-8-23-17(13)14(16)9-12-5-3-2-4-6-12/h2-6,10-11,13-14,16-17H,7-9H2,1H3,(H,20,22). The molecule has 4 rings (SSSR count). The molecule has 1 saturated carbocycles. The maximum Gasteiger partial charge on any atom is 0.271 e. The molecule has 1 N–H and O–H groups in total. The van der Waals surface area contributed by atoms with E-state index in [2.05, 4.69) is 34.6 Å². The van der Waals surface area contributed by atoms with Crippen LogP contribution >= 0.6 is 0 Å². The minimum Gasteiger partial charge on any atom is -0.377 e. The van der Waals surface area contributed by atoms with Gasteiger partial charge in [-0.25, -0.2) is 4.98 Å². The van der Waals surface area contributed by atoms with Gasteiger partial charge < -0.3 is 14.6 Å². The van der Waals surface area contributed by atoms with E-state index >= 15 is 0 Å². The van der Waals surface area contributed by atoms with E-state index < -0.39 is 0 Å². The molecule has 2 heterocycles. The third-order valence-electron chi connectivity index (χ3n) is 5.08. The van der Waals surface area contributed by atoms with E-state index in [1.807, 2.05) is 13.1 Å². The molecule has 1 aliphatic heterocycles. The van der Waals surface area contributed by atoms with Crippen LogP contribution in [0.1, 0.15) is 22.5 Å². The summed E-state index contributed by atoms with van der Waals surface area (Å²) in [7, 11) is 1.87. The fraction of sp³-hybridized carbons (Fsp3) is 0.444. The van der Waals surface area contributed by atoms with Crippen LogP contribution in [0.5, 0.6) is 0 Å². The molecule has 0 bridgehead atoms. The summed E-state index contributed by atoms with van der Waals surface area (Å²) in [5.41, 5.74) is 1.77. The van der Waals surface area contributed by atoms with Crippen molar-refractivity contribution in [2.45, 2.75) is 25.0 Å². The first-order valence-electron chi connectivity index (χ1n) is 8.17. The van der Waals surface area contributed by atoms with Gasteiger partial charge in [0.1, 0.15) is 5.69 Å². The Morgan fingerprint density at radius 1 is 1.39 bits per heavy atom. The summed E-state index contributed by atoms with van der Waals surface area (Å²) < 4.78 is 7.68. The van der Waals surface area contributed by atoms with E-state index in [9.17, 15) is 4.79 Å². The number of carbonyl (C=O) groups is 1. The first-order chi connectivity index (χ1) is 11.2. The Hall–Kier alpha value is -2.14. The fourth-order valence-corrected chi connectivity index (χ4v) is 3.93. The number of nitrogens with zero attached hydrogens (tertiary/aromatic N) is 2. The molecule has 5 heteroatoms. The average molecular weight is 311 g/mol. The average Bonchev–Trinajstić information content (AvgIpc) is 3.18. The number of hydrogen-bond acceptors (Lipinski definition) is 3. The second kappa shape index (κ2) is 5.81. The van der Waals surface area contributed by atoms with Crippen LogP contribution in [0.15, 0.2) is 42.9 Å². The third kappa shape index (κ3) is 2.65. The van der Waals surface area contributed by atoms with Crippen molar-refractivity contribution < 1.29 is 9.53 Å². The summed E-state index contributed by atoms with van der Waals surface area (Å²) in [5, 5.41) is 3.19. The predicted molar refractivity (Wildman–Crippen MR) is 85.9 cm³/mol. The number of nitrogens with one attached hydrogen (secondary N) is 1. The van der Waals surface area contributed by atoms with Crippen LogP contribution < -0.4 is 5.32 Å². The van der Waals surface area contributed by atoms with Gasteiger partial charge in [-0.2, -0.15) is 0 Å². The quantitative estimate of drug-likeness (QED) is 0.937. The number of amides is 1. The highest BCUT2D eigenvalue weighted by atomic mass is 16.5. The van der Waals surface area contributed by atoms with Gasteiger partial charge in [-0.3, -0.25) is 4.79 Å². The zero-order valence-corrected chi connectivity index (χ0v) is 13.2. The van der Waals surface area contributed by atoms with Gasteiger partial charge in [-0.15, -0.1) is 0 Å². The number of ether oxygens (including phenoxy) is 1. The second-order valence-electron chi connectivity index (χ2n) is 6.57. The number of rotatable bonds is 4. The Balaban J connectivity index is 1.48. The Kier molecular flexibility index (Phi) is 3.65. The molecule has 0 radical (unpaired) electrons. The molecule has 2 aliphatic rings. The van der Waals surface area contributed by atoms with Crippen LogP contribution in [-0.4, -0.2) is 34.2 Å². The Labute approximate surface area is 135 Å². The molecular weight excluding hydrogens is 290 g/mol. The number of benzene rings is 1. The molecule has 23 heavy (non-hydrogen) atoms. The van der Waals surface area contributed by atoms with Crippen LogP contribution in [0.3, 0.4) is 0 Å². The van der Waals surface area contributed by atoms with Crippen molar-refractivity contribution in [3.05, 3.63) is 54.1 Å². The lowest BCUT2D eigenvalue weighted by molar-refractivity contribution is -0.0528. The Morgan fingerprint density at radius 2 is 2.22 bits per heavy atom. The highest BCUT2D eigenvalue weighted by Crippen LogP contribution is 2.45. The minimum absolute atomic E-state index is 0.0842. The molecule has 5 nitrogen and oxygen atoms in total. The van der Waals surface area contributed by atoms with E-state index in [-0.39, 0.29) is 18.1 Å². The molecule has 1 aromatic carbocycles. The molecule has 120 valence electrons. The summed E-state index contributed by atoms with van der Waals surface area (Å²) in [5.74, 6) is 0.702. The number of fused-ring (bicyclic) bond motifs is 1. The summed E-state index contributed by atoms with van der Waals surface area (Å²) >= 11 is 0. The molecule has 2 fully saturated rings. The zero-order chi connectivity index (χ0) is 15.8. The van der Waals surface area contributed by atoms with Crippen LogP contribution in [-0.2, 0) is 18.2 Å². The van der Waals surface area contributed by atoms with E-state index in [0.717, 1.165) is 19.4 Å². The van der Waals surface area contributed by atoms with Crippen LogP contribution in [0.2, 0.25) is 0 Å². The number of imidazole rings is 1. The lowest BCUT2D eigenvalue weighted by atomic mass is 9.64. The van der Waals surface area contributed by atoms with Gasteiger partial charge in [0.2, 0.25) is 0 Å². The van der Waals surface area contributed by atoms with Gasteiger partial charge in [-0.1, -0.05) is 30.3 Å². The summed E-state index contributed by atoms with van der Waals surface area (Å²) in [6.07, 6.45) is 5.66. The molecule has 1 amide bonds. The number of aryl methyl sites for hydroxylation is 1. The number of carbonyl (C=O) groups excluding carboxylic acids is 1. The Morgan fingerprint density at radius 3 is 2.96 bits per heavy atom. The van der Waals surface area contributed by atoms with Crippen molar-refractivity contribution in [2.75, 3.05) is 6.61 Å². The monoisotopic (exact) mass is 311 g/mol. The molecular formula is C18H21N3O2. The molecule has 4 unspecified atom stereocenters. The zero-order valence-electron chi connectivity index (χ0n) is 13.2. The summed E-state index contributed by atoms with van der Waals surface area (Å²) in [4.78, 5) is 16.6. The maximum atomic E-state index is 12.4. The van der Waals surface area contributed by atoms with E-state index in [0.29, 0.717) is 17.5 Å². The SMILES string of the molecule is Cn1cnc(C(=O)NC2C3CCOC3C2Cc2ccccc2)c1. The highest BCUT2D eigenvalue weighted by Gasteiger charge is 2.54. The van der Waals surface area contributed by atoms with Gasteiger partial charge in [0, 0.05) is 37.7 Å². The van der Waals surface area contributed by atoms with Gasteiger partial charge in [0.15, 0.2) is 0 Å². The summed E-state index contributed by atoms with van der Waals surface area (Å²) in [6, 6.07) is 10.6. The number of hydrogen-bond donors (Lipinski definition) is 1. The molecule has 1 saturated heterocycles. The van der Waals surface area contributed by atoms with Crippen molar-refractivity contribution >= 4 is 5.91 Å². The molecule has 0 spiro atoms. The molecule has 4 atom stereocenters. The minimum atomic E-state index is -0.0842. The van der Waals surface area contributed by atoms with E-state index in [1.165, 1.54) is 5.56 Å². The van der Waals surface area contributed by atoms with Crippen molar-refractivity contribution in [3.8, 4) is 0 Å². The van der Waals surface area contributed by atoms with E-state index in [1.54, 1.807) is 17.1 Å². The lowest BCUT2D eigenvalue weighted by Gasteiger charge is -2.48. The molecule has 1 aliphatic carbocycles. The largest absolute Gasteiger partial charge is 0.377 e. The maximum absolute atomic E-state index is 12.4. The van der Waals surface area contributed by atoms with Gasteiger partial charge >= 0.3 is 0 Å². The lowest BCUT2D eigenvalue weighted by Crippen LogP contribution is -2.62.